The molecule has 102 valence electrons. The van der Waals surface area contributed by atoms with E-state index >= 15 is 0 Å². The summed E-state index contributed by atoms with van der Waals surface area (Å²) in [6.45, 7) is 2.16. The number of aromatic nitrogens is 1. The number of methoxy groups -OCH3 is 1. The first-order chi connectivity index (χ1) is 9.12. The van der Waals surface area contributed by atoms with E-state index in [1.807, 2.05) is 13.1 Å². The molecule has 0 aliphatic carbocycles. The van der Waals surface area contributed by atoms with Crippen LogP contribution in [0.3, 0.4) is 0 Å². The largest absolute Gasteiger partial charge is 0.495 e. The number of hydrogen-bond donors (Lipinski definition) is 1. The van der Waals surface area contributed by atoms with Crippen LogP contribution < -0.4 is 10.1 Å². The van der Waals surface area contributed by atoms with Crippen molar-refractivity contribution >= 4 is 48.6 Å². The number of fused-ring (bicyclic) bond motifs is 1. The first kappa shape index (κ1) is 14.6. The monoisotopic (exact) mass is 386 g/mol. The highest BCUT2D eigenvalue weighted by atomic mass is 79.9. The molecule has 2 rings (SSSR count). The molecule has 1 N–H and O–H groups in total. The molecule has 0 saturated heterocycles. The second-order valence-electron chi connectivity index (χ2n) is 4.27. The van der Waals surface area contributed by atoms with Crippen molar-refractivity contribution in [2.45, 2.75) is 19.8 Å². The second-order valence-corrected chi connectivity index (χ2v) is 5.97. The number of hydrogen-bond acceptors (Lipinski definition) is 3. The minimum Gasteiger partial charge on any atom is -0.495 e. The van der Waals surface area contributed by atoms with E-state index < -0.39 is 0 Å². The number of aryl methyl sites for hydroxylation is 1. The summed E-state index contributed by atoms with van der Waals surface area (Å²) < 4.78 is 7.37. The van der Waals surface area contributed by atoms with Crippen LogP contribution in [0.4, 0.5) is 5.82 Å². The summed E-state index contributed by atoms with van der Waals surface area (Å²) in [5.74, 6) is 1.75. The molecule has 5 heteroatoms. The number of anilines is 1. The zero-order chi connectivity index (χ0) is 14.0. The zero-order valence-electron chi connectivity index (χ0n) is 11.2. The van der Waals surface area contributed by atoms with Crippen LogP contribution in [-0.2, 0) is 6.42 Å². The standard InChI is InChI=1S/C14H16Br2N2O/c1-4-5-8-6-9-12(18-14(8)17-2)10(15)7-11(16)13(9)19-3/h6-7H,4-5H2,1-3H3,(H,17,18). The quantitative estimate of drug-likeness (QED) is 0.820. The molecule has 0 aliphatic heterocycles. The van der Waals surface area contributed by atoms with Gasteiger partial charge in [0.15, 0.2) is 0 Å². The van der Waals surface area contributed by atoms with E-state index in [0.717, 1.165) is 44.3 Å². The summed E-state index contributed by atoms with van der Waals surface area (Å²) in [6.07, 6.45) is 2.08. The van der Waals surface area contributed by atoms with Gasteiger partial charge in [-0.15, -0.1) is 0 Å². The molecule has 1 heterocycles. The fourth-order valence-electron chi connectivity index (χ4n) is 2.17. The maximum Gasteiger partial charge on any atom is 0.142 e. The Balaban J connectivity index is 2.80. The van der Waals surface area contributed by atoms with Gasteiger partial charge in [0.2, 0.25) is 0 Å². The van der Waals surface area contributed by atoms with Crippen molar-refractivity contribution < 1.29 is 4.74 Å². The Bertz CT molecular complexity index is 614. The van der Waals surface area contributed by atoms with E-state index in [-0.39, 0.29) is 0 Å². The van der Waals surface area contributed by atoms with Crippen LogP contribution >= 0.6 is 31.9 Å². The molecule has 3 nitrogen and oxygen atoms in total. The average Bonchev–Trinajstić information content (AvgIpc) is 2.39. The molecule has 0 bridgehead atoms. The van der Waals surface area contributed by atoms with Crippen LogP contribution in [0.2, 0.25) is 0 Å². The SMILES string of the molecule is CCCc1cc2c(OC)c(Br)cc(Br)c2nc1NC. The van der Waals surface area contributed by atoms with E-state index in [2.05, 4.69) is 50.2 Å². The number of rotatable bonds is 4. The summed E-state index contributed by atoms with van der Waals surface area (Å²) in [6, 6.07) is 4.12. The third kappa shape index (κ3) is 2.72. The minimum absolute atomic E-state index is 0.825. The van der Waals surface area contributed by atoms with Crippen molar-refractivity contribution in [3.05, 3.63) is 26.6 Å². The van der Waals surface area contributed by atoms with Gasteiger partial charge in [-0.2, -0.15) is 0 Å². The summed E-state index contributed by atoms with van der Waals surface area (Å²) in [7, 11) is 3.58. The highest BCUT2D eigenvalue weighted by molar-refractivity contribution is 9.11. The smallest absolute Gasteiger partial charge is 0.142 e. The molecule has 0 saturated carbocycles. The highest BCUT2D eigenvalue weighted by Crippen LogP contribution is 2.39. The Hall–Kier alpha value is -0.810. The van der Waals surface area contributed by atoms with Crippen molar-refractivity contribution in [1.82, 2.24) is 4.98 Å². The van der Waals surface area contributed by atoms with Gasteiger partial charge in [-0.25, -0.2) is 4.98 Å². The normalized spacial score (nSPS) is 10.8. The molecule has 19 heavy (non-hydrogen) atoms. The molecular weight excluding hydrogens is 372 g/mol. The fourth-order valence-corrected chi connectivity index (χ4v) is 3.61. The lowest BCUT2D eigenvalue weighted by Gasteiger charge is -2.14. The first-order valence-corrected chi connectivity index (χ1v) is 7.74. The Morgan fingerprint density at radius 1 is 1.26 bits per heavy atom. The molecule has 1 aromatic heterocycles. The Labute approximate surface area is 130 Å². The van der Waals surface area contributed by atoms with Crippen molar-refractivity contribution in [3.63, 3.8) is 0 Å². The number of nitrogens with zero attached hydrogens (tertiary/aromatic N) is 1. The minimum atomic E-state index is 0.825. The van der Waals surface area contributed by atoms with Gasteiger partial charge >= 0.3 is 0 Å². The van der Waals surface area contributed by atoms with E-state index in [1.54, 1.807) is 7.11 Å². The lowest BCUT2D eigenvalue weighted by Crippen LogP contribution is -2.00. The van der Waals surface area contributed by atoms with Crippen molar-refractivity contribution in [2.75, 3.05) is 19.5 Å². The fraction of sp³-hybridized carbons (Fsp3) is 0.357. The zero-order valence-corrected chi connectivity index (χ0v) is 14.4. The van der Waals surface area contributed by atoms with E-state index in [4.69, 9.17) is 9.72 Å². The van der Waals surface area contributed by atoms with Crippen LogP contribution in [0.1, 0.15) is 18.9 Å². The van der Waals surface area contributed by atoms with Gasteiger partial charge in [0.1, 0.15) is 11.6 Å². The van der Waals surface area contributed by atoms with Crippen LogP contribution in [0.5, 0.6) is 5.75 Å². The molecule has 0 unspecified atom stereocenters. The lowest BCUT2D eigenvalue weighted by atomic mass is 10.1. The summed E-state index contributed by atoms with van der Waals surface area (Å²) >= 11 is 7.09. The molecule has 1 aromatic carbocycles. The molecule has 2 aromatic rings. The van der Waals surface area contributed by atoms with Crippen molar-refractivity contribution in [2.24, 2.45) is 0 Å². The predicted octanol–water partition coefficient (Wildman–Crippen LogP) is 4.76. The molecule has 0 amide bonds. The second kappa shape index (κ2) is 6.09. The third-order valence-electron chi connectivity index (χ3n) is 3.00. The number of pyridine rings is 1. The van der Waals surface area contributed by atoms with Crippen LogP contribution in [0.15, 0.2) is 21.1 Å². The van der Waals surface area contributed by atoms with Gasteiger partial charge in [-0.3, -0.25) is 0 Å². The van der Waals surface area contributed by atoms with Gasteiger partial charge in [-0.1, -0.05) is 13.3 Å². The number of ether oxygens (including phenoxy) is 1. The van der Waals surface area contributed by atoms with Crippen LogP contribution in [0, 0.1) is 0 Å². The number of nitrogens with one attached hydrogen (secondary N) is 1. The molecular formula is C14H16Br2N2O. The van der Waals surface area contributed by atoms with Gasteiger partial charge in [0.25, 0.3) is 0 Å². The maximum atomic E-state index is 5.49. The van der Waals surface area contributed by atoms with Crippen LogP contribution in [0.25, 0.3) is 10.9 Å². The summed E-state index contributed by atoms with van der Waals surface area (Å²) in [4.78, 5) is 4.70. The Morgan fingerprint density at radius 3 is 2.58 bits per heavy atom. The Kier molecular flexibility index (Phi) is 4.68. The topological polar surface area (TPSA) is 34.1 Å². The van der Waals surface area contributed by atoms with Crippen LogP contribution in [-0.4, -0.2) is 19.1 Å². The summed E-state index contributed by atoms with van der Waals surface area (Å²) in [5, 5.41) is 4.19. The number of halogens is 2. The molecule has 0 fully saturated rings. The van der Waals surface area contributed by atoms with Gasteiger partial charge in [0, 0.05) is 16.9 Å². The highest BCUT2D eigenvalue weighted by Gasteiger charge is 2.14. The number of benzene rings is 1. The van der Waals surface area contributed by atoms with Crippen molar-refractivity contribution in [3.8, 4) is 5.75 Å². The van der Waals surface area contributed by atoms with Gasteiger partial charge in [-0.05, 0) is 56.0 Å². The summed E-state index contributed by atoms with van der Waals surface area (Å²) in [5.41, 5.74) is 2.12. The molecule has 0 radical (unpaired) electrons. The van der Waals surface area contributed by atoms with E-state index in [1.165, 1.54) is 5.56 Å². The van der Waals surface area contributed by atoms with E-state index in [9.17, 15) is 0 Å². The van der Waals surface area contributed by atoms with Gasteiger partial charge in [0.05, 0.1) is 17.1 Å². The maximum absolute atomic E-state index is 5.49. The van der Waals surface area contributed by atoms with Crippen molar-refractivity contribution in [1.29, 1.82) is 0 Å². The molecule has 0 aliphatic rings. The van der Waals surface area contributed by atoms with Gasteiger partial charge < -0.3 is 10.1 Å². The Morgan fingerprint density at radius 2 is 2.00 bits per heavy atom. The molecule has 0 atom stereocenters. The average molecular weight is 388 g/mol. The van der Waals surface area contributed by atoms with E-state index in [0.29, 0.717) is 0 Å². The first-order valence-electron chi connectivity index (χ1n) is 6.15. The molecule has 0 spiro atoms. The third-order valence-corrected chi connectivity index (χ3v) is 4.20. The lowest BCUT2D eigenvalue weighted by molar-refractivity contribution is 0.417. The predicted molar refractivity (Wildman–Crippen MR) is 87.2 cm³/mol.